The van der Waals surface area contributed by atoms with Gasteiger partial charge in [0.15, 0.2) is 0 Å². The molecule has 1 atom stereocenters. The first-order chi connectivity index (χ1) is 9.32. The number of nitrogens with one attached hydrogen (secondary N) is 1. The maximum absolute atomic E-state index is 12.1. The fraction of sp³-hybridized carbons (Fsp3) is 0.429. The zero-order valence-electron chi connectivity index (χ0n) is 12.2. The minimum atomic E-state index is -0.435. The number of para-hydroxylation sites is 1. The van der Waals surface area contributed by atoms with Crippen molar-refractivity contribution in [2.75, 3.05) is 33.0 Å². The number of amides is 2. The molecule has 1 rings (SSSR count). The normalized spacial score (nSPS) is 12.1. The van der Waals surface area contributed by atoms with Gasteiger partial charge in [0, 0.05) is 14.1 Å². The first-order valence-corrected chi connectivity index (χ1v) is 6.66. The summed E-state index contributed by atoms with van der Waals surface area (Å²) in [6, 6.07) is 6.60. The van der Waals surface area contributed by atoms with Crippen molar-refractivity contribution in [3.8, 4) is 0 Å². The van der Waals surface area contributed by atoms with Crippen LogP contribution in [0, 0.1) is 0 Å². The van der Waals surface area contributed by atoms with E-state index in [0.29, 0.717) is 10.7 Å². The van der Waals surface area contributed by atoms with E-state index in [1.54, 1.807) is 57.2 Å². The minimum absolute atomic E-state index is 0.0510. The highest BCUT2D eigenvalue weighted by molar-refractivity contribution is 6.33. The molecule has 110 valence electrons. The van der Waals surface area contributed by atoms with Gasteiger partial charge in [-0.3, -0.25) is 14.5 Å². The quantitative estimate of drug-likeness (QED) is 0.900. The zero-order valence-corrected chi connectivity index (χ0v) is 12.9. The van der Waals surface area contributed by atoms with Crippen molar-refractivity contribution < 1.29 is 9.59 Å². The number of likely N-dealkylation sites (N-methyl/N-ethyl adjacent to an activating group) is 2. The molecule has 0 aliphatic rings. The smallest absolute Gasteiger partial charge is 0.241 e. The summed E-state index contributed by atoms with van der Waals surface area (Å²) in [6.45, 7) is 1.93. The number of anilines is 1. The largest absolute Gasteiger partial charge is 0.348 e. The van der Waals surface area contributed by atoms with Crippen LogP contribution in [-0.4, -0.2) is 55.3 Å². The van der Waals surface area contributed by atoms with E-state index in [1.165, 1.54) is 4.90 Å². The lowest BCUT2D eigenvalue weighted by Crippen LogP contribution is -2.44. The summed E-state index contributed by atoms with van der Waals surface area (Å²) < 4.78 is 0. The van der Waals surface area contributed by atoms with Crippen LogP contribution in [-0.2, 0) is 9.59 Å². The Morgan fingerprint density at radius 1 is 1.25 bits per heavy atom. The highest BCUT2D eigenvalue weighted by atomic mass is 35.5. The molecule has 0 radical (unpaired) electrons. The Kier molecular flexibility index (Phi) is 5.98. The van der Waals surface area contributed by atoms with Crippen LogP contribution >= 0.6 is 11.6 Å². The van der Waals surface area contributed by atoms with Crippen molar-refractivity contribution in [3.63, 3.8) is 0 Å². The van der Waals surface area contributed by atoms with Crippen LogP contribution in [0.15, 0.2) is 24.3 Å². The van der Waals surface area contributed by atoms with E-state index < -0.39 is 6.04 Å². The first-order valence-electron chi connectivity index (χ1n) is 6.28. The van der Waals surface area contributed by atoms with Crippen LogP contribution in [0.3, 0.4) is 0 Å². The van der Waals surface area contributed by atoms with E-state index in [2.05, 4.69) is 5.32 Å². The Hall–Kier alpha value is -1.59. The second kappa shape index (κ2) is 7.26. The predicted molar refractivity (Wildman–Crippen MR) is 80.9 cm³/mol. The third kappa shape index (κ3) is 4.51. The van der Waals surface area contributed by atoms with Crippen LogP contribution in [0.25, 0.3) is 0 Å². The monoisotopic (exact) mass is 297 g/mol. The molecule has 0 aliphatic carbocycles. The molecule has 20 heavy (non-hydrogen) atoms. The molecule has 1 aromatic rings. The van der Waals surface area contributed by atoms with E-state index in [-0.39, 0.29) is 18.4 Å². The first kappa shape index (κ1) is 16.5. The number of carbonyl (C=O) groups is 2. The number of hydrogen-bond donors (Lipinski definition) is 1. The Balaban J connectivity index is 2.63. The third-order valence-electron chi connectivity index (χ3n) is 3.06. The molecule has 0 saturated carbocycles. The van der Waals surface area contributed by atoms with Crippen LogP contribution in [0.5, 0.6) is 0 Å². The van der Waals surface area contributed by atoms with Gasteiger partial charge >= 0.3 is 0 Å². The van der Waals surface area contributed by atoms with Crippen molar-refractivity contribution in [2.45, 2.75) is 13.0 Å². The molecule has 6 heteroatoms. The van der Waals surface area contributed by atoms with Gasteiger partial charge in [-0.2, -0.15) is 0 Å². The molecule has 2 amide bonds. The third-order valence-corrected chi connectivity index (χ3v) is 3.39. The van der Waals surface area contributed by atoms with Crippen molar-refractivity contribution in [2.24, 2.45) is 0 Å². The van der Waals surface area contributed by atoms with Gasteiger partial charge in [0.1, 0.15) is 0 Å². The summed E-state index contributed by atoms with van der Waals surface area (Å²) in [6.07, 6.45) is 0. The van der Waals surface area contributed by atoms with E-state index >= 15 is 0 Å². The number of benzene rings is 1. The topological polar surface area (TPSA) is 52.7 Å². The molecule has 0 aliphatic heterocycles. The molecular weight excluding hydrogens is 278 g/mol. The number of rotatable bonds is 5. The van der Waals surface area contributed by atoms with Crippen molar-refractivity contribution in [1.29, 1.82) is 0 Å². The Labute approximate surface area is 124 Å². The fourth-order valence-corrected chi connectivity index (χ4v) is 1.67. The van der Waals surface area contributed by atoms with Gasteiger partial charge < -0.3 is 10.2 Å². The zero-order chi connectivity index (χ0) is 15.3. The lowest BCUT2D eigenvalue weighted by Gasteiger charge is -2.24. The fourth-order valence-electron chi connectivity index (χ4n) is 1.49. The minimum Gasteiger partial charge on any atom is -0.348 e. The summed E-state index contributed by atoms with van der Waals surface area (Å²) in [5, 5.41) is 3.24. The maximum Gasteiger partial charge on any atom is 0.241 e. The molecular formula is C14H20ClN3O2. The number of nitrogens with zero attached hydrogens (tertiary/aromatic N) is 2. The molecule has 0 spiro atoms. The van der Waals surface area contributed by atoms with E-state index in [1.807, 2.05) is 0 Å². The summed E-state index contributed by atoms with van der Waals surface area (Å²) in [4.78, 5) is 26.9. The number of halogens is 1. The molecule has 0 heterocycles. The maximum atomic E-state index is 12.1. The van der Waals surface area contributed by atoms with Gasteiger partial charge in [0.2, 0.25) is 11.8 Å². The van der Waals surface area contributed by atoms with Crippen LogP contribution in [0.4, 0.5) is 5.69 Å². The molecule has 1 unspecified atom stereocenters. The standard InChI is InChI=1S/C14H20ClN3O2/c1-10(18(4)9-13(19)17(2)3)14(20)16-12-8-6-5-7-11(12)15/h5-8,10H,9H2,1-4H3,(H,16,20). The molecule has 0 aromatic heterocycles. The van der Waals surface area contributed by atoms with Crippen LogP contribution in [0.2, 0.25) is 5.02 Å². The lowest BCUT2D eigenvalue weighted by atomic mass is 10.2. The summed E-state index contributed by atoms with van der Waals surface area (Å²) >= 11 is 5.99. The highest BCUT2D eigenvalue weighted by Gasteiger charge is 2.21. The van der Waals surface area contributed by atoms with Crippen molar-refractivity contribution in [1.82, 2.24) is 9.80 Å². The molecule has 5 nitrogen and oxygen atoms in total. The van der Waals surface area contributed by atoms with Gasteiger partial charge in [0.25, 0.3) is 0 Å². The summed E-state index contributed by atoms with van der Waals surface area (Å²) in [7, 11) is 5.10. The van der Waals surface area contributed by atoms with Gasteiger partial charge in [-0.15, -0.1) is 0 Å². The second-order valence-corrected chi connectivity index (χ2v) is 5.26. The van der Waals surface area contributed by atoms with Gasteiger partial charge in [0.05, 0.1) is 23.3 Å². The van der Waals surface area contributed by atoms with Gasteiger partial charge in [-0.1, -0.05) is 23.7 Å². The van der Waals surface area contributed by atoms with Gasteiger partial charge in [-0.05, 0) is 26.1 Å². The SMILES string of the molecule is CC(C(=O)Nc1ccccc1Cl)N(C)CC(=O)N(C)C. The second-order valence-electron chi connectivity index (χ2n) is 4.85. The van der Waals surface area contributed by atoms with E-state index in [9.17, 15) is 9.59 Å². The predicted octanol–water partition coefficient (Wildman–Crippen LogP) is 1.69. The summed E-state index contributed by atoms with van der Waals surface area (Å²) in [5.41, 5.74) is 0.568. The van der Waals surface area contributed by atoms with Crippen LogP contribution < -0.4 is 5.32 Å². The van der Waals surface area contributed by atoms with Crippen molar-refractivity contribution >= 4 is 29.1 Å². The molecule has 1 N–H and O–H groups in total. The molecule has 0 saturated heterocycles. The van der Waals surface area contributed by atoms with Crippen molar-refractivity contribution in [3.05, 3.63) is 29.3 Å². The Morgan fingerprint density at radius 2 is 1.85 bits per heavy atom. The van der Waals surface area contributed by atoms with E-state index in [4.69, 9.17) is 11.6 Å². The summed E-state index contributed by atoms with van der Waals surface area (Å²) in [5.74, 6) is -0.253. The molecule has 0 bridgehead atoms. The molecule has 1 aromatic carbocycles. The van der Waals surface area contributed by atoms with E-state index in [0.717, 1.165) is 0 Å². The van der Waals surface area contributed by atoms with Gasteiger partial charge in [-0.25, -0.2) is 0 Å². The number of carbonyl (C=O) groups excluding carboxylic acids is 2. The average molecular weight is 298 g/mol. The number of hydrogen-bond acceptors (Lipinski definition) is 3. The average Bonchev–Trinajstić information content (AvgIpc) is 2.40. The molecule has 0 fully saturated rings. The Bertz CT molecular complexity index is 491. The van der Waals surface area contributed by atoms with Crippen LogP contribution in [0.1, 0.15) is 6.92 Å². The lowest BCUT2D eigenvalue weighted by molar-refractivity contribution is -0.131. The Morgan fingerprint density at radius 3 is 2.40 bits per heavy atom. The highest BCUT2D eigenvalue weighted by Crippen LogP contribution is 2.20.